The van der Waals surface area contributed by atoms with Crippen LogP contribution in [0.15, 0.2) is 73.2 Å². The van der Waals surface area contributed by atoms with Gasteiger partial charge in [-0.3, -0.25) is 10.1 Å². The molecule has 0 radical (unpaired) electrons. The normalized spacial score (nSPS) is 11.4. The van der Waals surface area contributed by atoms with Gasteiger partial charge in [0.05, 0.1) is 16.4 Å². The molecule has 0 saturated carbocycles. The van der Waals surface area contributed by atoms with E-state index in [1.807, 2.05) is 43.6 Å². The average molecular weight is 420 g/mol. The number of imidazole rings is 1. The van der Waals surface area contributed by atoms with Crippen molar-refractivity contribution in [2.75, 3.05) is 0 Å². The molecule has 0 atom stereocenters. The van der Waals surface area contributed by atoms with Crippen molar-refractivity contribution in [3.63, 3.8) is 0 Å². The van der Waals surface area contributed by atoms with Crippen LogP contribution in [-0.2, 0) is 0 Å². The first-order valence-corrected chi connectivity index (χ1v) is 10.2. The van der Waals surface area contributed by atoms with Gasteiger partial charge in [0, 0.05) is 35.3 Å². The van der Waals surface area contributed by atoms with Crippen LogP contribution in [0.25, 0.3) is 55.8 Å². The van der Waals surface area contributed by atoms with E-state index in [2.05, 4.69) is 31.2 Å². The molecule has 0 spiro atoms. The minimum absolute atomic E-state index is 0.265. The molecule has 0 aliphatic rings. The molecule has 0 aliphatic heterocycles. The van der Waals surface area contributed by atoms with Gasteiger partial charge in [-0.25, -0.2) is 14.4 Å². The number of hydrogen-bond donors (Lipinski definition) is 2. The molecule has 0 saturated heterocycles. The predicted octanol–water partition coefficient (Wildman–Crippen LogP) is 5.68. The SMILES string of the molecule is Cc1ccncc1-c1cnc2[nH]nc(-c3nc4c(-c5ccc(F)cc5)cccc4[nH]3)c2c1. The minimum atomic E-state index is -0.265. The lowest BCUT2D eigenvalue weighted by atomic mass is 10.0. The second kappa shape index (κ2) is 7.09. The van der Waals surface area contributed by atoms with Gasteiger partial charge in [0.2, 0.25) is 0 Å². The Kier molecular flexibility index (Phi) is 4.07. The van der Waals surface area contributed by atoms with E-state index in [4.69, 9.17) is 4.98 Å². The number of para-hydroxylation sites is 1. The van der Waals surface area contributed by atoms with Crippen molar-refractivity contribution in [1.82, 2.24) is 30.1 Å². The maximum atomic E-state index is 13.4. The molecule has 0 fully saturated rings. The zero-order chi connectivity index (χ0) is 21.7. The number of nitrogens with zero attached hydrogens (tertiary/aromatic N) is 4. The molecule has 32 heavy (non-hydrogen) atoms. The summed E-state index contributed by atoms with van der Waals surface area (Å²) in [6.45, 7) is 2.05. The van der Waals surface area contributed by atoms with Crippen molar-refractivity contribution in [3.8, 4) is 33.8 Å². The molecule has 154 valence electrons. The number of aromatic amines is 2. The zero-order valence-corrected chi connectivity index (χ0v) is 17.1. The summed E-state index contributed by atoms with van der Waals surface area (Å²) in [6.07, 6.45) is 5.44. The Hall–Kier alpha value is -4.39. The highest BCUT2D eigenvalue weighted by atomic mass is 19.1. The summed E-state index contributed by atoms with van der Waals surface area (Å²) in [7, 11) is 0. The van der Waals surface area contributed by atoms with Gasteiger partial charge < -0.3 is 4.98 Å². The van der Waals surface area contributed by atoms with Gasteiger partial charge in [-0.1, -0.05) is 24.3 Å². The molecule has 7 heteroatoms. The molecule has 2 aromatic carbocycles. The molecule has 0 unspecified atom stereocenters. The lowest BCUT2D eigenvalue weighted by molar-refractivity contribution is 0.628. The Bertz CT molecular complexity index is 1600. The summed E-state index contributed by atoms with van der Waals surface area (Å²) in [5, 5.41) is 8.35. The third-order valence-corrected chi connectivity index (χ3v) is 5.66. The fraction of sp³-hybridized carbons (Fsp3) is 0.0400. The van der Waals surface area contributed by atoms with Gasteiger partial charge in [0.1, 0.15) is 11.5 Å². The number of pyridine rings is 2. The van der Waals surface area contributed by atoms with Crippen LogP contribution in [0.5, 0.6) is 0 Å². The van der Waals surface area contributed by atoms with E-state index in [1.54, 1.807) is 18.3 Å². The van der Waals surface area contributed by atoms with Crippen molar-refractivity contribution < 1.29 is 4.39 Å². The van der Waals surface area contributed by atoms with Crippen LogP contribution in [0.4, 0.5) is 4.39 Å². The quantitative estimate of drug-likeness (QED) is 0.386. The van der Waals surface area contributed by atoms with E-state index in [0.29, 0.717) is 17.2 Å². The molecule has 6 nitrogen and oxygen atoms in total. The van der Waals surface area contributed by atoms with E-state index < -0.39 is 0 Å². The third kappa shape index (κ3) is 2.94. The molecule has 4 heterocycles. The molecule has 2 N–H and O–H groups in total. The number of halogens is 1. The number of nitrogens with one attached hydrogen (secondary N) is 2. The third-order valence-electron chi connectivity index (χ3n) is 5.66. The number of H-pyrrole nitrogens is 2. The average Bonchev–Trinajstić information content (AvgIpc) is 3.43. The second-order valence-electron chi connectivity index (χ2n) is 7.68. The Morgan fingerprint density at radius 1 is 0.906 bits per heavy atom. The Labute approximate surface area is 182 Å². The number of rotatable bonds is 3. The van der Waals surface area contributed by atoms with Gasteiger partial charge in [-0.2, -0.15) is 5.10 Å². The fourth-order valence-electron chi connectivity index (χ4n) is 4.00. The van der Waals surface area contributed by atoms with Gasteiger partial charge in [0.25, 0.3) is 0 Å². The second-order valence-corrected chi connectivity index (χ2v) is 7.68. The van der Waals surface area contributed by atoms with Gasteiger partial charge in [0.15, 0.2) is 11.5 Å². The van der Waals surface area contributed by atoms with Crippen molar-refractivity contribution in [2.45, 2.75) is 6.92 Å². The molecule has 6 aromatic rings. The van der Waals surface area contributed by atoms with Crippen molar-refractivity contribution >= 4 is 22.1 Å². The highest BCUT2D eigenvalue weighted by Gasteiger charge is 2.16. The van der Waals surface area contributed by atoms with Crippen LogP contribution in [0.2, 0.25) is 0 Å². The number of hydrogen-bond acceptors (Lipinski definition) is 4. The monoisotopic (exact) mass is 420 g/mol. The minimum Gasteiger partial charge on any atom is -0.337 e. The Morgan fingerprint density at radius 2 is 1.78 bits per heavy atom. The van der Waals surface area contributed by atoms with Gasteiger partial charge in [-0.05, 0) is 48.4 Å². The zero-order valence-electron chi connectivity index (χ0n) is 17.1. The summed E-state index contributed by atoms with van der Waals surface area (Å²) >= 11 is 0. The first-order chi connectivity index (χ1) is 15.7. The lowest BCUT2D eigenvalue weighted by Crippen LogP contribution is -1.87. The van der Waals surface area contributed by atoms with Crippen molar-refractivity contribution in [1.29, 1.82) is 0 Å². The topological polar surface area (TPSA) is 83.1 Å². The number of benzene rings is 2. The molecule has 0 aliphatic carbocycles. The Balaban J connectivity index is 1.51. The van der Waals surface area contributed by atoms with Crippen LogP contribution in [0.1, 0.15) is 5.56 Å². The van der Waals surface area contributed by atoms with Crippen LogP contribution in [-0.4, -0.2) is 30.1 Å². The van der Waals surface area contributed by atoms with Crippen LogP contribution < -0.4 is 0 Å². The summed E-state index contributed by atoms with van der Waals surface area (Å²) in [5.41, 5.74) is 8.00. The van der Waals surface area contributed by atoms with Crippen LogP contribution in [0, 0.1) is 12.7 Å². The maximum absolute atomic E-state index is 13.4. The summed E-state index contributed by atoms with van der Waals surface area (Å²) in [5.74, 6) is 0.376. The van der Waals surface area contributed by atoms with E-state index in [9.17, 15) is 4.39 Å². The highest BCUT2D eigenvalue weighted by molar-refractivity contribution is 5.97. The largest absolute Gasteiger partial charge is 0.337 e. The standard InChI is InChI=1S/C25H17FN6/c1-14-9-10-27-13-20(14)16-11-19-23(31-32-24(19)28-12-16)25-29-21-4-2-3-18(22(21)30-25)15-5-7-17(26)8-6-15/h2-13H,1H3,(H,29,30)(H,28,31,32). The lowest BCUT2D eigenvalue weighted by Gasteiger charge is -2.04. The molecule has 6 rings (SSSR count). The molecule has 0 amide bonds. The smallest absolute Gasteiger partial charge is 0.159 e. The fourth-order valence-corrected chi connectivity index (χ4v) is 4.00. The van der Waals surface area contributed by atoms with E-state index >= 15 is 0 Å². The Morgan fingerprint density at radius 3 is 2.62 bits per heavy atom. The first-order valence-electron chi connectivity index (χ1n) is 10.2. The molecular formula is C25H17FN6. The summed E-state index contributed by atoms with van der Waals surface area (Å²) < 4.78 is 13.4. The number of fused-ring (bicyclic) bond motifs is 2. The predicted molar refractivity (Wildman–Crippen MR) is 122 cm³/mol. The number of aromatic nitrogens is 6. The van der Waals surface area contributed by atoms with E-state index in [-0.39, 0.29) is 5.82 Å². The highest BCUT2D eigenvalue weighted by Crippen LogP contribution is 2.32. The number of aryl methyl sites for hydroxylation is 1. The van der Waals surface area contributed by atoms with Gasteiger partial charge in [-0.15, -0.1) is 0 Å². The van der Waals surface area contributed by atoms with Crippen LogP contribution in [0.3, 0.4) is 0 Å². The first kappa shape index (κ1) is 18.4. The summed E-state index contributed by atoms with van der Waals surface area (Å²) in [6, 6.07) is 16.4. The summed E-state index contributed by atoms with van der Waals surface area (Å²) in [4.78, 5) is 17.0. The van der Waals surface area contributed by atoms with Crippen LogP contribution >= 0.6 is 0 Å². The van der Waals surface area contributed by atoms with Crippen molar-refractivity contribution in [3.05, 3.63) is 84.6 Å². The molecular weight excluding hydrogens is 403 g/mol. The van der Waals surface area contributed by atoms with Crippen molar-refractivity contribution in [2.24, 2.45) is 0 Å². The maximum Gasteiger partial charge on any atom is 0.159 e. The molecule has 0 bridgehead atoms. The van der Waals surface area contributed by atoms with E-state index in [1.165, 1.54) is 12.1 Å². The van der Waals surface area contributed by atoms with E-state index in [0.717, 1.165) is 44.2 Å². The molecule has 4 aromatic heterocycles. The van der Waals surface area contributed by atoms with Gasteiger partial charge >= 0.3 is 0 Å².